The van der Waals surface area contributed by atoms with E-state index in [0.29, 0.717) is 0 Å². The van der Waals surface area contributed by atoms with Gasteiger partial charge in [0.05, 0.1) is 12.1 Å². The number of rotatable bonds is 5. The van der Waals surface area contributed by atoms with Crippen molar-refractivity contribution in [3.05, 3.63) is 108 Å². The molecule has 1 aromatic heterocycles. The lowest BCUT2D eigenvalue weighted by molar-refractivity contribution is -0.122. The number of H-pyrrole nitrogens is 1. The van der Waals surface area contributed by atoms with E-state index in [0.717, 1.165) is 22.9 Å². The first-order valence-electron chi connectivity index (χ1n) is 9.79. The summed E-state index contributed by atoms with van der Waals surface area (Å²) in [4.78, 5) is 16.1. The minimum absolute atomic E-state index is 0.0474. The molecule has 142 valence electrons. The van der Waals surface area contributed by atoms with Crippen molar-refractivity contribution in [2.75, 3.05) is 0 Å². The predicted molar refractivity (Wildman–Crippen MR) is 116 cm³/mol. The van der Waals surface area contributed by atoms with Crippen LogP contribution >= 0.6 is 0 Å². The maximum atomic E-state index is 12.9. The van der Waals surface area contributed by atoms with Crippen molar-refractivity contribution in [2.24, 2.45) is 11.0 Å². The van der Waals surface area contributed by atoms with E-state index in [9.17, 15) is 4.79 Å². The van der Waals surface area contributed by atoms with E-state index in [1.807, 2.05) is 66.9 Å². The van der Waals surface area contributed by atoms with Gasteiger partial charge in [-0.25, -0.2) is 5.43 Å². The fraction of sp³-hybridized carbons (Fsp3) is 0.120. The molecule has 0 spiro atoms. The molecule has 1 atom stereocenters. The van der Waals surface area contributed by atoms with Gasteiger partial charge in [0.25, 0.3) is 0 Å². The zero-order chi connectivity index (χ0) is 19.7. The highest BCUT2D eigenvalue weighted by molar-refractivity contribution is 5.99. The number of fused-ring (bicyclic) bond motifs is 1. The largest absolute Gasteiger partial charge is 0.361 e. The van der Waals surface area contributed by atoms with E-state index < -0.39 is 0 Å². The van der Waals surface area contributed by atoms with E-state index in [1.54, 1.807) is 6.21 Å². The zero-order valence-corrected chi connectivity index (χ0v) is 15.9. The molecule has 29 heavy (non-hydrogen) atoms. The summed E-state index contributed by atoms with van der Waals surface area (Å²) in [5.74, 6) is -0.179. The fourth-order valence-electron chi connectivity index (χ4n) is 4.30. The highest BCUT2D eigenvalue weighted by Gasteiger charge is 2.60. The molecule has 4 aromatic rings. The summed E-state index contributed by atoms with van der Waals surface area (Å²) in [5, 5.41) is 5.32. The van der Waals surface area contributed by atoms with Crippen molar-refractivity contribution in [2.45, 2.75) is 11.8 Å². The summed E-state index contributed by atoms with van der Waals surface area (Å²) in [5.41, 5.74) is 6.83. The zero-order valence-electron chi connectivity index (χ0n) is 15.9. The summed E-state index contributed by atoms with van der Waals surface area (Å²) in [6.07, 6.45) is 4.39. The van der Waals surface area contributed by atoms with Crippen molar-refractivity contribution < 1.29 is 4.79 Å². The molecule has 1 aliphatic carbocycles. The Bertz CT molecular complexity index is 1140. The van der Waals surface area contributed by atoms with Gasteiger partial charge in [-0.3, -0.25) is 4.79 Å². The van der Waals surface area contributed by atoms with Crippen LogP contribution in [-0.4, -0.2) is 17.1 Å². The van der Waals surface area contributed by atoms with Crippen LogP contribution in [0, 0.1) is 5.92 Å². The number of nitrogens with one attached hydrogen (secondary N) is 2. The van der Waals surface area contributed by atoms with Gasteiger partial charge in [0, 0.05) is 28.1 Å². The standard InChI is InChI=1S/C25H21N3O/c29-24(28-27-17-18-16-26-23-14-8-7-13-21(18)23)22-15-25(22,19-9-3-1-4-10-19)20-11-5-2-6-12-20/h1-14,16-17,22,26H,15H2,(H,28,29)/b27-17-/t22-/m1/s1. The van der Waals surface area contributed by atoms with E-state index in [4.69, 9.17) is 0 Å². The van der Waals surface area contributed by atoms with Crippen LogP contribution in [-0.2, 0) is 10.2 Å². The van der Waals surface area contributed by atoms with Gasteiger partial charge in [-0.2, -0.15) is 5.10 Å². The summed E-state index contributed by atoms with van der Waals surface area (Å²) in [7, 11) is 0. The lowest BCUT2D eigenvalue weighted by atomic mass is 9.85. The molecule has 1 saturated carbocycles. The third-order valence-electron chi connectivity index (χ3n) is 5.85. The monoisotopic (exact) mass is 379 g/mol. The number of nitrogens with zero attached hydrogens (tertiary/aromatic N) is 1. The van der Waals surface area contributed by atoms with Gasteiger partial charge in [0.15, 0.2) is 0 Å². The molecule has 1 aliphatic rings. The third-order valence-corrected chi connectivity index (χ3v) is 5.85. The summed E-state index contributed by atoms with van der Waals surface area (Å²) in [6.45, 7) is 0. The Morgan fingerprint density at radius 1 is 0.931 bits per heavy atom. The Morgan fingerprint density at radius 3 is 2.24 bits per heavy atom. The van der Waals surface area contributed by atoms with E-state index in [1.165, 1.54) is 11.1 Å². The molecule has 0 radical (unpaired) electrons. The lowest BCUT2D eigenvalue weighted by Gasteiger charge is -2.18. The number of amides is 1. The number of carbonyl (C=O) groups is 1. The minimum Gasteiger partial charge on any atom is -0.361 e. The third kappa shape index (κ3) is 3.03. The molecule has 0 aliphatic heterocycles. The highest BCUT2D eigenvalue weighted by Crippen LogP contribution is 2.58. The Morgan fingerprint density at radius 2 is 1.55 bits per heavy atom. The molecule has 5 rings (SSSR count). The Hall–Kier alpha value is -3.66. The van der Waals surface area contributed by atoms with Crippen LogP contribution in [0.4, 0.5) is 0 Å². The van der Waals surface area contributed by atoms with E-state index in [2.05, 4.69) is 39.8 Å². The molecule has 0 bridgehead atoms. The number of para-hydroxylation sites is 1. The number of aromatic amines is 1. The van der Waals surface area contributed by atoms with Crippen LogP contribution in [0.25, 0.3) is 10.9 Å². The Balaban J connectivity index is 1.37. The van der Waals surface area contributed by atoms with Crippen LogP contribution in [0.3, 0.4) is 0 Å². The molecule has 4 nitrogen and oxygen atoms in total. The van der Waals surface area contributed by atoms with Gasteiger partial charge in [-0.15, -0.1) is 0 Å². The van der Waals surface area contributed by atoms with Gasteiger partial charge >= 0.3 is 0 Å². The van der Waals surface area contributed by atoms with Gasteiger partial charge in [-0.05, 0) is 23.6 Å². The number of hydrogen-bond acceptors (Lipinski definition) is 2. The maximum Gasteiger partial charge on any atom is 0.244 e. The fourth-order valence-corrected chi connectivity index (χ4v) is 4.30. The summed E-state index contributed by atoms with van der Waals surface area (Å²) >= 11 is 0. The van der Waals surface area contributed by atoms with Gasteiger partial charge < -0.3 is 4.98 Å². The van der Waals surface area contributed by atoms with Gasteiger partial charge in [0.1, 0.15) is 0 Å². The summed E-state index contributed by atoms with van der Waals surface area (Å²) < 4.78 is 0. The van der Waals surface area contributed by atoms with Crippen molar-refractivity contribution in [3.63, 3.8) is 0 Å². The summed E-state index contributed by atoms with van der Waals surface area (Å²) in [6, 6.07) is 28.6. The number of hydrazone groups is 1. The van der Waals surface area contributed by atoms with E-state index >= 15 is 0 Å². The molecule has 0 saturated heterocycles. The SMILES string of the molecule is O=C(N/N=C\c1c[nH]c2ccccc12)[C@H]1CC1(c1ccccc1)c1ccccc1. The van der Waals surface area contributed by atoms with Crippen molar-refractivity contribution in [1.29, 1.82) is 0 Å². The van der Waals surface area contributed by atoms with Crippen LogP contribution in [0.15, 0.2) is 96.2 Å². The number of carbonyl (C=O) groups excluding carboxylic acids is 1. The first kappa shape index (κ1) is 17.4. The number of hydrogen-bond donors (Lipinski definition) is 2. The molecule has 1 amide bonds. The van der Waals surface area contributed by atoms with E-state index in [-0.39, 0.29) is 17.2 Å². The number of benzene rings is 3. The first-order chi connectivity index (χ1) is 14.3. The second-order valence-electron chi connectivity index (χ2n) is 7.48. The van der Waals surface area contributed by atoms with Gasteiger partial charge in [-0.1, -0.05) is 78.9 Å². The second-order valence-corrected chi connectivity index (χ2v) is 7.48. The van der Waals surface area contributed by atoms with Crippen molar-refractivity contribution in [3.8, 4) is 0 Å². The average molecular weight is 379 g/mol. The maximum absolute atomic E-state index is 12.9. The minimum atomic E-state index is -0.275. The van der Waals surface area contributed by atoms with Crippen LogP contribution in [0.5, 0.6) is 0 Å². The molecule has 1 fully saturated rings. The van der Waals surface area contributed by atoms with Gasteiger partial charge in [0.2, 0.25) is 5.91 Å². The quantitative estimate of drug-likeness (QED) is 0.386. The normalized spacial score (nSPS) is 17.4. The van der Waals surface area contributed by atoms with Crippen LogP contribution < -0.4 is 5.43 Å². The first-order valence-corrected chi connectivity index (χ1v) is 9.79. The molecule has 2 N–H and O–H groups in total. The molecular weight excluding hydrogens is 358 g/mol. The second kappa shape index (κ2) is 7.06. The average Bonchev–Trinajstić information content (AvgIpc) is 3.43. The van der Waals surface area contributed by atoms with Crippen molar-refractivity contribution >= 4 is 23.0 Å². The molecule has 3 aromatic carbocycles. The Kier molecular flexibility index (Phi) is 4.24. The number of aromatic nitrogens is 1. The smallest absolute Gasteiger partial charge is 0.244 e. The van der Waals surface area contributed by atoms with Crippen LogP contribution in [0.2, 0.25) is 0 Å². The molecule has 1 heterocycles. The Labute approximate surface area is 169 Å². The van der Waals surface area contributed by atoms with Crippen molar-refractivity contribution in [1.82, 2.24) is 10.4 Å². The van der Waals surface area contributed by atoms with Crippen LogP contribution in [0.1, 0.15) is 23.1 Å². The molecule has 4 heteroatoms. The molecular formula is C25H21N3O. The molecule has 0 unspecified atom stereocenters. The topological polar surface area (TPSA) is 57.2 Å². The lowest BCUT2D eigenvalue weighted by Crippen LogP contribution is -2.25. The highest BCUT2D eigenvalue weighted by atomic mass is 16.2. The predicted octanol–water partition coefficient (Wildman–Crippen LogP) is 4.62.